The van der Waals surface area contributed by atoms with Crippen LogP contribution >= 0.6 is 0 Å². The molecule has 0 radical (unpaired) electrons. The zero-order valence-corrected chi connectivity index (χ0v) is 15.6. The van der Waals surface area contributed by atoms with Crippen molar-refractivity contribution in [2.24, 2.45) is 0 Å². The Morgan fingerprint density at radius 1 is 0.964 bits per heavy atom. The molecule has 140 valence electrons. The summed E-state index contributed by atoms with van der Waals surface area (Å²) in [5.41, 5.74) is 3.48. The number of hydrogen-bond donors (Lipinski definition) is 0. The lowest BCUT2D eigenvalue weighted by atomic mass is 10.2. The Labute approximate surface area is 161 Å². The Morgan fingerprint density at radius 3 is 2.68 bits per heavy atom. The van der Waals surface area contributed by atoms with Gasteiger partial charge in [0, 0.05) is 29.9 Å². The summed E-state index contributed by atoms with van der Waals surface area (Å²) in [5, 5.41) is 4.67. The molecule has 8 nitrogen and oxygen atoms in total. The van der Waals surface area contributed by atoms with Gasteiger partial charge in [-0.15, -0.1) is 5.10 Å². The molecule has 0 amide bonds. The molecule has 8 heteroatoms. The van der Waals surface area contributed by atoms with Gasteiger partial charge in [0.2, 0.25) is 0 Å². The summed E-state index contributed by atoms with van der Waals surface area (Å²) in [4.78, 5) is 17.7. The van der Waals surface area contributed by atoms with Crippen LogP contribution < -0.4 is 9.47 Å². The molecule has 0 aliphatic carbocycles. The third-order valence-electron chi connectivity index (χ3n) is 4.66. The van der Waals surface area contributed by atoms with Gasteiger partial charge >= 0.3 is 0 Å². The highest BCUT2D eigenvalue weighted by molar-refractivity contribution is 5.65. The molecule has 4 aromatic rings. The minimum absolute atomic E-state index is 0.536. The van der Waals surface area contributed by atoms with E-state index in [9.17, 15) is 0 Å². The summed E-state index contributed by atoms with van der Waals surface area (Å²) < 4.78 is 13.2. The molecule has 3 aromatic heterocycles. The third kappa shape index (κ3) is 2.83. The van der Waals surface area contributed by atoms with E-state index in [4.69, 9.17) is 9.47 Å². The normalized spacial score (nSPS) is 13.5. The van der Waals surface area contributed by atoms with Crippen molar-refractivity contribution in [2.75, 3.05) is 13.2 Å². The molecule has 1 aliphatic heterocycles. The maximum absolute atomic E-state index is 5.78. The Hall–Kier alpha value is -3.55. The first-order chi connectivity index (χ1) is 13.7. The maximum Gasteiger partial charge on any atom is 0.252 e. The SMILES string of the molecule is Cc1nccc(-c2cnc3nc(-c4ccc5c(c4)OCCCO5)nn3c2C)n1. The summed E-state index contributed by atoms with van der Waals surface area (Å²) in [6.45, 7) is 5.14. The highest BCUT2D eigenvalue weighted by Gasteiger charge is 2.16. The molecule has 0 saturated heterocycles. The molecule has 0 N–H and O–H groups in total. The molecule has 0 atom stereocenters. The van der Waals surface area contributed by atoms with Gasteiger partial charge in [-0.25, -0.2) is 19.5 Å². The van der Waals surface area contributed by atoms with Gasteiger partial charge in [0.25, 0.3) is 5.78 Å². The number of fused-ring (bicyclic) bond motifs is 2. The fraction of sp³-hybridized carbons (Fsp3) is 0.250. The van der Waals surface area contributed by atoms with E-state index in [2.05, 4.69) is 25.0 Å². The van der Waals surface area contributed by atoms with E-state index in [1.807, 2.05) is 38.1 Å². The first-order valence-electron chi connectivity index (χ1n) is 9.11. The molecule has 1 aliphatic rings. The molecular formula is C20H18N6O2. The Morgan fingerprint density at radius 2 is 1.82 bits per heavy atom. The molecule has 0 unspecified atom stereocenters. The summed E-state index contributed by atoms with van der Waals surface area (Å²) in [6.07, 6.45) is 4.38. The van der Waals surface area contributed by atoms with E-state index in [0.717, 1.165) is 40.4 Å². The molecular weight excluding hydrogens is 356 g/mol. The quantitative estimate of drug-likeness (QED) is 0.533. The first kappa shape index (κ1) is 16.6. The predicted octanol–water partition coefficient (Wildman–Crippen LogP) is 3.03. The fourth-order valence-corrected chi connectivity index (χ4v) is 3.22. The monoisotopic (exact) mass is 374 g/mol. The number of rotatable bonds is 2. The van der Waals surface area contributed by atoms with Crippen LogP contribution in [-0.4, -0.2) is 42.8 Å². The van der Waals surface area contributed by atoms with Gasteiger partial charge in [-0.1, -0.05) is 0 Å². The lowest BCUT2D eigenvalue weighted by Gasteiger charge is -2.07. The van der Waals surface area contributed by atoms with E-state index >= 15 is 0 Å². The molecule has 5 rings (SSSR count). The van der Waals surface area contributed by atoms with Crippen LogP contribution in [0.4, 0.5) is 0 Å². The Bertz CT molecular complexity index is 1190. The molecule has 28 heavy (non-hydrogen) atoms. The second-order valence-electron chi connectivity index (χ2n) is 6.61. The van der Waals surface area contributed by atoms with Gasteiger partial charge in [-0.05, 0) is 38.1 Å². The Balaban J connectivity index is 1.59. The van der Waals surface area contributed by atoms with Gasteiger partial charge in [-0.2, -0.15) is 4.98 Å². The van der Waals surface area contributed by atoms with Crippen molar-refractivity contribution >= 4 is 5.78 Å². The molecule has 0 saturated carbocycles. The molecule has 0 spiro atoms. The summed E-state index contributed by atoms with van der Waals surface area (Å²) in [5.74, 6) is 3.30. The summed E-state index contributed by atoms with van der Waals surface area (Å²) in [6, 6.07) is 7.62. The van der Waals surface area contributed by atoms with Crippen molar-refractivity contribution in [1.82, 2.24) is 29.5 Å². The highest BCUT2D eigenvalue weighted by atomic mass is 16.5. The van der Waals surface area contributed by atoms with Crippen LogP contribution in [0.15, 0.2) is 36.7 Å². The van der Waals surface area contributed by atoms with Gasteiger partial charge in [-0.3, -0.25) is 0 Å². The minimum Gasteiger partial charge on any atom is -0.490 e. The number of aryl methyl sites for hydroxylation is 2. The Kier molecular flexibility index (Phi) is 3.89. The average molecular weight is 374 g/mol. The first-order valence-corrected chi connectivity index (χ1v) is 9.11. The van der Waals surface area contributed by atoms with Crippen molar-refractivity contribution in [3.8, 4) is 34.1 Å². The largest absolute Gasteiger partial charge is 0.490 e. The molecule has 0 fully saturated rings. The number of ether oxygens (including phenoxy) is 2. The van der Waals surface area contributed by atoms with Gasteiger partial charge in [0.05, 0.1) is 24.6 Å². The van der Waals surface area contributed by atoms with Gasteiger partial charge in [0.1, 0.15) is 5.82 Å². The molecule has 1 aromatic carbocycles. The van der Waals surface area contributed by atoms with Crippen LogP contribution in [0.1, 0.15) is 17.9 Å². The second kappa shape index (κ2) is 6.56. The van der Waals surface area contributed by atoms with E-state index in [-0.39, 0.29) is 0 Å². The van der Waals surface area contributed by atoms with E-state index in [1.54, 1.807) is 16.9 Å². The second-order valence-corrected chi connectivity index (χ2v) is 6.61. The van der Waals surface area contributed by atoms with Crippen LogP contribution in [0.3, 0.4) is 0 Å². The topological polar surface area (TPSA) is 87.3 Å². The zero-order chi connectivity index (χ0) is 19.1. The van der Waals surface area contributed by atoms with Crippen molar-refractivity contribution in [3.63, 3.8) is 0 Å². The summed E-state index contributed by atoms with van der Waals surface area (Å²) >= 11 is 0. The van der Waals surface area contributed by atoms with Crippen molar-refractivity contribution < 1.29 is 9.47 Å². The van der Waals surface area contributed by atoms with Gasteiger partial charge in [0.15, 0.2) is 17.3 Å². The third-order valence-corrected chi connectivity index (χ3v) is 4.66. The van der Waals surface area contributed by atoms with Crippen LogP contribution in [0.5, 0.6) is 11.5 Å². The zero-order valence-electron chi connectivity index (χ0n) is 15.6. The highest BCUT2D eigenvalue weighted by Crippen LogP contribution is 2.33. The number of aromatic nitrogens is 6. The standard InChI is InChI=1S/C20H18N6O2/c1-12-15(16-6-7-21-13(2)23-16)11-22-20-24-19(25-26(12)20)14-4-5-17-18(10-14)28-9-3-8-27-17/h4-7,10-11H,3,8-9H2,1-2H3. The smallest absolute Gasteiger partial charge is 0.252 e. The average Bonchev–Trinajstić information content (AvgIpc) is 3.00. The minimum atomic E-state index is 0.536. The predicted molar refractivity (Wildman–Crippen MR) is 102 cm³/mol. The van der Waals surface area contributed by atoms with Gasteiger partial charge < -0.3 is 9.47 Å². The van der Waals surface area contributed by atoms with Crippen LogP contribution in [0, 0.1) is 13.8 Å². The number of hydrogen-bond acceptors (Lipinski definition) is 7. The van der Waals surface area contributed by atoms with E-state index in [0.29, 0.717) is 30.6 Å². The lowest BCUT2D eigenvalue weighted by molar-refractivity contribution is 0.297. The molecule has 0 bridgehead atoms. The number of benzene rings is 1. The van der Waals surface area contributed by atoms with Crippen molar-refractivity contribution in [2.45, 2.75) is 20.3 Å². The molecule has 4 heterocycles. The van der Waals surface area contributed by atoms with Crippen LogP contribution in [0.2, 0.25) is 0 Å². The van der Waals surface area contributed by atoms with Crippen LogP contribution in [-0.2, 0) is 0 Å². The number of nitrogens with zero attached hydrogens (tertiary/aromatic N) is 6. The maximum atomic E-state index is 5.78. The fourth-order valence-electron chi connectivity index (χ4n) is 3.22. The van der Waals surface area contributed by atoms with E-state index in [1.165, 1.54) is 0 Å². The van der Waals surface area contributed by atoms with Crippen molar-refractivity contribution in [3.05, 3.63) is 48.2 Å². The van der Waals surface area contributed by atoms with Crippen LogP contribution in [0.25, 0.3) is 28.4 Å². The van der Waals surface area contributed by atoms with Crippen molar-refractivity contribution in [1.29, 1.82) is 0 Å². The lowest BCUT2D eigenvalue weighted by Crippen LogP contribution is -2.01. The van der Waals surface area contributed by atoms with E-state index < -0.39 is 0 Å². The summed E-state index contributed by atoms with van der Waals surface area (Å²) in [7, 11) is 0.